The summed E-state index contributed by atoms with van der Waals surface area (Å²) in [7, 11) is 0. The molecule has 6 heteroatoms. The number of amides is 2. The molecule has 5 nitrogen and oxygen atoms in total. The highest BCUT2D eigenvalue weighted by atomic mass is 79.9. The van der Waals surface area contributed by atoms with Crippen LogP contribution < -0.4 is 10.9 Å². The van der Waals surface area contributed by atoms with E-state index in [-0.39, 0.29) is 5.91 Å². The second kappa shape index (κ2) is 5.50. The first-order chi connectivity index (χ1) is 8.66. The second-order valence-corrected chi connectivity index (χ2v) is 4.41. The number of hydrogen-bond acceptors (Lipinski definition) is 2. The summed E-state index contributed by atoms with van der Waals surface area (Å²) >= 11 is 3.28. The summed E-state index contributed by atoms with van der Waals surface area (Å²) in [6, 6.07) is 10.1. The fourth-order valence-electron chi connectivity index (χ4n) is 1.33. The van der Waals surface area contributed by atoms with E-state index < -0.39 is 5.91 Å². The SMILES string of the molecule is O=C(NNC(=O)c1ccc[nH]1)c1ccc(Br)cc1. The summed E-state index contributed by atoms with van der Waals surface area (Å²) in [4.78, 5) is 25.9. The third-order valence-corrected chi connectivity index (χ3v) is 2.77. The maximum Gasteiger partial charge on any atom is 0.286 e. The van der Waals surface area contributed by atoms with Crippen LogP contribution in [0, 0.1) is 0 Å². The number of aromatic nitrogens is 1. The molecule has 92 valence electrons. The average molecular weight is 308 g/mol. The normalized spacial score (nSPS) is 9.83. The predicted molar refractivity (Wildman–Crippen MR) is 69.9 cm³/mol. The van der Waals surface area contributed by atoms with Gasteiger partial charge in [-0.25, -0.2) is 0 Å². The molecule has 0 saturated carbocycles. The maximum absolute atomic E-state index is 11.7. The van der Waals surface area contributed by atoms with Crippen LogP contribution >= 0.6 is 15.9 Å². The number of carbonyl (C=O) groups excluding carboxylic acids is 2. The molecule has 2 aromatic rings. The van der Waals surface area contributed by atoms with Gasteiger partial charge in [0.2, 0.25) is 0 Å². The zero-order valence-corrected chi connectivity index (χ0v) is 10.8. The molecule has 0 aliphatic carbocycles. The molecule has 0 fully saturated rings. The lowest BCUT2D eigenvalue weighted by Gasteiger charge is -2.06. The Balaban J connectivity index is 1.92. The number of rotatable bonds is 2. The molecule has 2 rings (SSSR count). The summed E-state index contributed by atoms with van der Waals surface area (Å²) < 4.78 is 0.884. The Morgan fingerprint density at radius 1 is 1.00 bits per heavy atom. The average Bonchev–Trinajstić information content (AvgIpc) is 2.90. The molecule has 2 amide bonds. The minimum absolute atomic E-state index is 0.373. The van der Waals surface area contributed by atoms with Crippen LogP contribution in [0.5, 0.6) is 0 Å². The molecule has 18 heavy (non-hydrogen) atoms. The quantitative estimate of drug-likeness (QED) is 0.741. The largest absolute Gasteiger partial charge is 0.357 e. The van der Waals surface area contributed by atoms with Gasteiger partial charge in [-0.05, 0) is 36.4 Å². The minimum atomic E-state index is -0.398. The Hall–Kier alpha value is -2.08. The first-order valence-corrected chi connectivity index (χ1v) is 5.96. The molecule has 0 bridgehead atoms. The van der Waals surface area contributed by atoms with Gasteiger partial charge in [-0.3, -0.25) is 20.4 Å². The predicted octanol–water partition coefficient (Wildman–Crippen LogP) is 1.85. The molecule has 0 spiro atoms. The topological polar surface area (TPSA) is 74.0 Å². The highest BCUT2D eigenvalue weighted by molar-refractivity contribution is 9.10. The molecule has 0 aliphatic heterocycles. The molecule has 0 saturated heterocycles. The minimum Gasteiger partial charge on any atom is -0.357 e. The molecule has 1 aromatic heterocycles. The van der Waals surface area contributed by atoms with Gasteiger partial charge < -0.3 is 4.98 Å². The van der Waals surface area contributed by atoms with E-state index in [0.29, 0.717) is 11.3 Å². The third-order valence-electron chi connectivity index (χ3n) is 2.24. The van der Waals surface area contributed by atoms with Crippen LogP contribution in [-0.4, -0.2) is 16.8 Å². The van der Waals surface area contributed by atoms with Crippen LogP contribution in [0.2, 0.25) is 0 Å². The molecular formula is C12H10BrN3O2. The van der Waals surface area contributed by atoms with E-state index in [2.05, 4.69) is 31.8 Å². The number of hydrazine groups is 1. The van der Waals surface area contributed by atoms with Gasteiger partial charge in [-0.15, -0.1) is 0 Å². The van der Waals surface area contributed by atoms with Gasteiger partial charge in [-0.2, -0.15) is 0 Å². The van der Waals surface area contributed by atoms with Gasteiger partial charge in [0.05, 0.1) is 0 Å². The second-order valence-electron chi connectivity index (χ2n) is 3.50. The van der Waals surface area contributed by atoms with Crippen molar-refractivity contribution in [3.8, 4) is 0 Å². The summed E-state index contributed by atoms with van der Waals surface area (Å²) in [5.41, 5.74) is 5.49. The van der Waals surface area contributed by atoms with Gasteiger partial charge >= 0.3 is 0 Å². The fourth-order valence-corrected chi connectivity index (χ4v) is 1.59. The van der Waals surface area contributed by atoms with E-state index in [9.17, 15) is 9.59 Å². The Morgan fingerprint density at radius 2 is 1.67 bits per heavy atom. The number of aromatic amines is 1. The van der Waals surface area contributed by atoms with E-state index in [1.807, 2.05) is 0 Å². The molecule has 0 aliphatic rings. The van der Waals surface area contributed by atoms with Gasteiger partial charge in [-0.1, -0.05) is 15.9 Å². The standard InChI is InChI=1S/C12H10BrN3O2/c13-9-5-3-8(4-6-9)11(17)15-16-12(18)10-2-1-7-14-10/h1-7,14H,(H,15,17)(H,16,18). The molecule has 1 aromatic carbocycles. The lowest BCUT2D eigenvalue weighted by molar-refractivity contribution is 0.0844. The van der Waals surface area contributed by atoms with Crippen molar-refractivity contribution in [3.05, 3.63) is 58.3 Å². The van der Waals surface area contributed by atoms with E-state index in [4.69, 9.17) is 0 Å². The van der Waals surface area contributed by atoms with Gasteiger partial charge in [0.1, 0.15) is 5.69 Å². The molecule has 3 N–H and O–H groups in total. The first-order valence-electron chi connectivity index (χ1n) is 5.16. The van der Waals surface area contributed by atoms with Crippen molar-refractivity contribution in [1.29, 1.82) is 0 Å². The summed E-state index contributed by atoms with van der Waals surface area (Å²) in [6.07, 6.45) is 1.63. The lowest BCUT2D eigenvalue weighted by atomic mass is 10.2. The van der Waals surface area contributed by atoms with Gasteiger partial charge in [0.15, 0.2) is 0 Å². The highest BCUT2D eigenvalue weighted by Crippen LogP contribution is 2.10. The zero-order valence-electron chi connectivity index (χ0n) is 9.24. The summed E-state index contributed by atoms with van der Waals surface area (Å²) in [5, 5.41) is 0. The van der Waals surface area contributed by atoms with Crippen molar-refractivity contribution in [1.82, 2.24) is 15.8 Å². The Bertz CT molecular complexity index is 549. The number of carbonyl (C=O) groups is 2. The Kier molecular flexibility index (Phi) is 3.78. The van der Waals surface area contributed by atoms with Crippen LogP contribution in [0.15, 0.2) is 47.1 Å². The van der Waals surface area contributed by atoms with E-state index in [0.717, 1.165) is 4.47 Å². The Morgan fingerprint density at radius 3 is 2.28 bits per heavy atom. The molecule has 0 radical (unpaired) electrons. The lowest BCUT2D eigenvalue weighted by Crippen LogP contribution is -2.41. The maximum atomic E-state index is 11.7. The Labute approximate surface area is 112 Å². The van der Waals surface area contributed by atoms with Crippen LogP contribution in [-0.2, 0) is 0 Å². The van der Waals surface area contributed by atoms with Crippen LogP contribution in [0.25, 0.3) is 0 Å². The summed E-state index contributed by atoms with van der Waals surface area (Å²) in [6.45, 7) is 0. The van der Waals surface area contributed by atoms with E-state index >= 15 is 0 Å². The summed E-state index contributed by atoms with van der Waals surface area (Å²) in [5.74, 6) is -0.770. The number of hydrogen-bond donors (Lipinski definition) is 3. The molecule has 1 heterocycles. The van der Waals surface area contributed by atoms with Gasteiger partial charge in [0.25, 0.3) is 11.8 Å². The number of nitrogens with one attached hydrogen (secondary N) is 3. The molecule has 0 unspecified atom stereocenters. The third kappa shape index (κ3) is 2.98. The molecular weight excluding hydrogens is 298 g/mol. The van der Waals surface area contributed by atoms with Crippen molar-refractivity contribution >= 4 is 27.7 Å². The van der Waals surface area contributed by atoms with Crippen molar-refractivity contribution < 1.29 is 9.59 Å². The van der Waals surface area contributed by atoms with Gasteiger partial charge in [0, 0.05) is 16.2 Å². The highest BCUT2D eigenvalue weighted by Gasteiger charge is 2.08. The smallest absolute Gasteiger partial charge is 0.286 e. The zero-order chi connectivity index (χ0) is 13.0. The fraction of sp³-hybridized carbons (Fsp3) is 0. The van der Waals surface area contributed by atoms with E-state index in [1.165, 1.54) is 0 Å². The van der Waals surface area contributed by atoms with Crippen molar-refractivity contribution in [2.75, 3.05) is 0 Å². The number of halogens is 1. The number of H-pyrrole nitrogens is 1. The number of benzene rings is 1. The van der Waals surface area contributed by atoms with Crippen molar-refractivity contribution in [2.24, 2.45) is 0 Å². The first kappa shape index (κ1) is 12.4. The van der Waals surface area contributed by atoms with Crippen molar-refractivity contribution in [3.63, 3.8) is 0 Å². The molecule has 0 atom stereocenters. The van der Waals surface area contributed by atoms with Crippen LogP contribution in [0.3, 0.4) is 0 Å². The van der Waals surface area contributed by atoms with E-state index in [1.54, 1.807) is 42.6 Å². The van der Waals surface area contributed by atoms with Crippen LogP contribution in [0.1, 0.15) is 20.8 Å². The van der Waals surface area contributed by atoms with Crippen LogP contribution in [0.4, 0.5) is 0 Å². The van der Waals surface area contributed by atoms with Crippen molar-refractivity contribution in [2.45, 2.75) is 0 Å². The monoisotopic (exact) mass is 307 g/mol.